The van der Waals surface area contributed by atoms with Crippen molar-refractivity contribution in [2.24, 2.45) is 0 Å². The van der Waals surface area contributed by atoms with Gasteiger partial charge in [0.1, 0.15) is 17.1 Å². The Kier molecular flexibility index (Phi) is 6.35. The number of fused-ring (bicyclic) bond motifs is 1. The molecule has 1 heterocycles. The SMILES string of the molecule is CCCCOc1ccc(CCc2ccc3cc(C(C)NC)oc3c2)cc1. The Balaban J connectivity index is 1.60. The van der Waals surface area contributed by atoms with Crippen LogP contribution in [0.3, 0.4) is 0 Å². The first kappa shape index (κ1) is 18.5. The van der Waals surface area contributed by atoms with E-state index in [0.717, 1.165) is 49.4 Å². The van der Waals surface area contributed by atoms with Crippen LogP contribution in [0.1, 0.15) is 49.6 Å². The second-order valence-electron chi connectivity index (χ2n) is 6.88. The van der Waals surface area contributed by atoms with E-state index in [1.54, 1.807) is 0 Å². The number of nitrogens with one attached hydrogen (secondary N) is 1. The number of rotatable bonds is 9. The third-order valence-corrected chi connectivity index (χ3v) is 4.86. The number of hydrogen-bond acceptors (Lipinski definition) is 3. The van der Waals surface area contributed by atoms with E-state index >= 15 is 0 Å². The van der Waals surface area contributed by atoms with Gasteiger partial charge in [-0.2, -0.15) is 0 Å². The predicted octanol–water partition coefficient (Wildman–Crippen LogP) is 5.68. The summed E-state index contributed by atoms with van der Waals surface area (Å²) < 4.78 is 11.7. The normalized spacial score (nSPS) is 12.4. The fourth-order valence-electron chi connectivity index (χ4n) is 2.98. The Labute approximate surface area is 156 Å². The van der Waals surface area contributed by atoms with Gasteiger partial charge in [0.15, 0.2) is 0 Å². The van der Waals surface area contributed by atoms with Crippen LogP contribution in [-0.4, -0.2) is 13.7 Å². The molecule has 1 N–H and O–H groups in total. The van der Waals surface area contributed by atoms with Crippen LogP contribution in [0.15, 0.2) is 52.9 Å². The first-order valence-electron chi connectivity index (χ1n) is 9.61. The maximum absolute atomic E-state index is 6.00. The molecular formula is C23H29NO2. The minimum Gasteiger partial charge on any atom is -0.494 e. The molecule has 0 aliphatic heterocycles. The zero-order valence-electron chi connectivity index (χ0n) is 16.0. The number of ether oxygens (including phenoxy) is 1. The van der Waals surface area contributed by atoms with Gasteiger partial charge in [-0.25, -0.2) is 0 Å². The van der Waals surface area contributed by atoms with Crippen molar-refractivity contribution in [1.82, 2.24) is 5.32 Å². The van der Waals surface area contributed by atoms with Crippen molar-refractivity contribution >= 4 is 11.0 Å². The first-order chi connectivity index (χ1) is 12.7. The van der Waals surface area contributed by atoms with E-state index in [2.05, 4.69) is 67.7 Å². The minimum absolute atomic E-state index is 0.226. The van der Waals surface area contributed by atoms with Crippen LogP contribution in [0.25, 0.3) is 11.0 Å². The molecule has 26 heavy (non-hydrogen) atoms. The summed E-state index contributed by atoms with van der Waals surface area (Å²) in [6.45, 7) is 5.08. The lowest BCUT2D eigenvalue weighted by atomic mass is 10.0. The van der Waals surface area contributed by atoms with Crippen LogP contribution in [0.2, 0.25) is 0 Å². The lowest BCUT2D eigenvalue weighted by Crippen LogP contribution is -2.10. The van der Waals surface area contributed by atoms with Gasteiger partial charge in [0, 0.05) is 5.39 Å². The molecule has 1 aromatic heterocycles. The monoisotopic (exact) mass is 351 g/mol. The van der Waals surface area contributed by atoms with Crippen molar-refractivity contribution in [3.8, 4) is 5.75 Å². The summed E-state index contributed by atoms with van der Waals surface area (Å²) >= 11 is 0. The highest BCUT2D eigenvalue weighted by atomic mass is 16.5. The summed E-state index contributed by atoms with van der Waals surface area (Å²) in [5.41, 5.74) is 3.61. The lowest BCUT2D eigenvalue weighted by Gasteiger charge is -2.07. The van der Waals surface area contributed by atoms with Gasteiger partial charge >= 0.3 is 0 Å². The van der Waals surface area contributed by atoms with E-state index < -0.39 is 0 Å². The average molecular weight is 351 g/mol. The Morgan fingerprint density at radius 2 is 1.73 bits per heavy atom. The Hall–Kier alpha value is -2.26. The molecule has 0 aliphatic rings. The van der Waals surface area contributed by atoms with Gasteiger partial charge in [-0.05, 0) is 68.6 Å². The molecular weight excluding hydrogens is 322 g/mol. The van der Waals surface area contributed by atoms with Crippen LogP contribution in [0.4, 0.5) is 0 Å². The molecule has 0 aliphatic carbocycles. The largest absolute Gasteiger partial charge is 0.494 e. The highest BCUT2D eigenvalue weighted by Crippen LogP contribution is 2.25. The minimum atomic E-state index is 0.226. The standard InChI is InChI=1S/C23H29NO2/c1-4-5-14-25-21-12-9-18(10-13-21)6-7-19-8-11-20-16-22(17(2)24-3)26-23(20)15-19/h8-13,15-17,24H,4-7,14H2,1-3H3. The zero-order valence-corrected chi connectivity index (χ0v) is 16.0. The van der Waals surface area contributed by atoms with E-state index in [1.807, 2.05) is 7.05 Å². The van der Waals surface area contributed by atoms with Crippen LogP contribution in [-0.2, 0) is 12.8 Å². The smallest absolute Gasteiger partial charge is 0.134 e. The number of furan rings is 1. The van der Waals surface area contributed by atoms with Crippen molar-refractivity contribution in [1.29, 1.82) is 0 Å². The molecule has 0 spiro atoms. The second-order valence-corrected chi connectivity index (χ2v) is 6.88. The summed E-state index contributed by atoms with van der Waals surface area (Å²) in [5, 5.41) is 4.39. The topological polar surface area (TPSA) is 34.4 Å². The molecule has 138 valence electrons. The van der Waals surface area contributed by atoms with Crippen LogP contribution in [0, 0.1) is 0 Å². The van der Waals surface area contributed by atoms with Crippen LogP contribution >= 0.6 is 0 Å². The maximum atomic E-state index is 6.00. The third kappa shape index (κ3) is 4.67. The number of aryl methyl sites for hydroxylation is 2. The van der Waals surface area contributed by atoms with E-state index in [1.165, 1.54) is 16.5 Å². The Morgan fingerprint density at radius 1 is 1.00 bits per heavy atom. The molecule has 0 saturated heterocycles. The quantitative estimate of drug-likeness (QED) is 0.504. The molecule has 3 aromatic rings. The number of benzene rings is 2. The molecule has 3 heteroatoms. The summed E-state index contributed by atoms with van der Waals surface area (Å²) in [4.78, 5) is 0. The maximum Gasteiger partial charge on any atom is 0.134 e. The Bertz CT molecular complexity index is 820. The molecule has 1 unspecified atom stereocenters. The highest BCUT2D eigenvalue weighted by Gasteiger charge is 2.10. The number of hydrogen-bond donors (Lipinski definition) is 1. The molecule has 0 fully saturated rings. The van der Waals surface area contributed by atoms with E-state index in [-0.39, 0.29) is 6.04 Å². The van der Waals surface area contributed by atoms with E-state index in [0.29, 0.717) is 0 Å². The third-order valence-electron chi connectivity index (χ3n) is 4.86. The van der Waals surface area contributed by atoms with Crippen molar-refractivity contribution in [2.45, 2.75) is 45.6 Å². The number of unbranched alkanes of at least 4 members (excludes halogenated alkanes) is 1. The van der Waals surface area contributed by atoms with Gasteiger partial charge < -0.3 is 14.5 Å². The molecule has 3 rings (SSSR count). The molecule has 0 saturated carbocycles. The Morgan fingerprint density at radius 3 is 2.46 bits per heavy atom. The molecule has 2 aromatic carbocycles. The van der Waals surface area contributed by atoms with Gasteiger partial charge in [0.2, 0.25) is 0 Å². The van der Waals surface area contributed by atoms with Crippen molar-refractivity contribution in [3.05, 3.63) is 65.4 Å². The van der Waals surface area contributed by atoms with E-state index in [4.69, 9.17) is 9.15 Å². The zero-order chi connectivity index (χ0) is 18.4. The van der Waals surface area contributed by atoms with Crippen LogP contribution in [0.5, 0.6) is 5.75 Å². The van der Waals surface area contributed by atoms with Gasteiger partial charge in [-0.3, -0.25) is 0 Å². The second kappa shape index (κ2) is 8.91. The van der Waals surface area contributed by atoms with Crippen molar-refractivity contribution in [2.75, 3.05) is 13.7 Å². The van der Waals surface area contributed by atoms with Gasteiger partial charge in [0.05, 0.1) is 12.6 Å². The molecule has 0 bridgehead atoms. The van der Waals surface area contributed by atoms with Gasteiger partial charge in [0.25, 0.3) is 0 Å². The summed E-state index contributed by atoms with van der Waals surface area (Å²) in [5.74, 6) is 1.95. The molecule has 0 amide bonds. The summed E-state index contributed by atoms with van der Waals surface area (Å²) in [7, 11) is 1.95. The predicted molar refractivity (Wildman–Crippen MR) is 108 cm³/mol. The molecule has 1 atom stereocenters. The van der Waals surface area contributed by atoms with Crippen molar-refractivity contribution < 1.29 is 9.15 Å². The van der Waals surface area contributed by atoms with Gasteiger partial charge in [-0.15, -0.1) is 0 Å². The summed E-state index contributed by atoms with van der Waals surface area (Å²) in [6, 6.07) is 17.4. The fraction of sp³-hybridized carbons (Fsp3) is 0.391. The average Bonchev–Trinajstić information content (AvgIpc) is 3.10. The fourth-order valence-corrected chi connectivity index (χ4v) is 2.98. The summed E-state index contributed by atoms with van der Waals surface area (Å²) in [6.07, 6.45) is 4.28. The lowest BCUT2D eigenvalue weighted by molar-refractivity contribution is 0.309. The van der Waals surface area contributed by atoms with Crippen LogP contribution < -0.4 is 10.1 Å². The molecule has 0 radical (unpaired) electrons. The first-order valence-corrected chi connectivity index (χ1v) is 9.61. The highest BCUT2D eigenvalue weighted by molar-refractivity contribution is 5.78. The van der Waals surface area contributed by atoms with E-state index in [9.17, 15) is 0 Å². The van der Waals surface area contributed by atoms with Crippen molar-refractivity contribution in [3.63, 3.8) is 0 Å². The van der Waals surface area contributed by atoms with Gasteiger partial charge in [-0.1, -0.05) is 37.6 Å². The molecule has 3 nitrogen and oxygen atoms in total.